The van der Waals surface area contributed by atoms with Gasteiger partial charge in [0.25, 0.3) is 0 Å². The fourth-order valence-electron chi connectivity index (χ4n) is 1.99. The highest BCUT2D eigenvalue weighted by Crippen LogP contribution is 2.28. The first-order valence-electron chi connectivity index (χ1n) is 6.41. The maximum atomic E-state index is 6.26. The maximum Gasteiger partial charge on any atom is 0.146 e. The molecule has 3 aromatic rings. The molecule has 0 saturated heterocycles. The summed E-state index contributed by atoms with van der Waals surface area (Å²) in [7, 11) is 0. The molecule has 0 aliphatic rings. The van der Waals surface area contributed by atoms with Crippen molar-refractivity contribution < 1.29 is 0 Å². The Balaban J connectivity index is 2.02. The lowest BCUT2D eigenvalue weighted by molar-refractivity contribution is 0.934. The highest BCUT2D eigenvalue weighted by Gasteiger charge is 2.13. The zero-order valence-electron chi connectivity index (χ0n) is 11.0. The van der Waals surface area contributed by atoms with Crippen molar-refractivity contribution in [3.8, 4) is 11.3 Å². The summed E-state index contributed by atoms with van der Waals surface area (Å²) in [6.07, 6.45) is 2.33. The van der Waals surface area contributed by atoms with Gasteiger partial charge in [-0.2, -0.15) is 0 Å². The monoisotopic (exact) mass is 407 g/mol. The van der Waals surface area contributed by atoms with Crippen LogP contribution in [0.2, 0.25) is 5.15 Å². The van der Waals surface area contributed by atoms with E-state index in [1.54, 1.807) is 6.20 Å². The molecule has 0 spiro atoms. The molecule has 0 atom stereocenters. The third-order valence-corrected chi connectivity index (χ3v) is 4.58. The van der Waals surface area contributed by atoms with E-state index in [-0.39, 0.29) is 0 Å². The lowest BCUT2D eigenvalue weighted by Crippen LogP contribution is -2.02. The molecule has 1 aromatic carbocycles. The zero-order valence-corrected chi connectivity index (χ0v) is 13.9. The van der Waals surface area contributed by atoms with E-state index in [0.29, 0.717) is 17.4 Å². The van der Waals surface area contributed by atoms with Crippen LogP contribution in [0.15, 0.2) is 54.7 Å². The number of pyridine rings is 1. The minimum absolute atomic E-state index is 0.482. The Kier molecular flexibility index (Phi) is 4.45. The predicted octanol–water partition coefficient (Wildman–Crippen LogP) is 4.39. The van der Waals surface area contributed by atoms with Crippen molar-refractivity contribution >= 4 is 34.2 Å². The van der Waals surface area contributed by atoms with Crippen LogP contribution in [0, 0.1) is 3.57 Å². The van der Waals surface area contributed by atoms with Gasteiger partial charge in [0.2, 0.25) is 0 Å². The maximum absolute atomic E-state index is 6.26. The first-order chi connectivity index (χ1) is 10.2. The Hall–Kier alpha value is -1.53. The number of hydrogen-bond donors (Lipinski definition) is 0. The topological polar surface area (TPSA) is 38.7 Å². The Morgan fingerprint density at radius 3 is 2.43 bits per heavy atom. The molecular weight excluding hydrogens is 397 g/mol. The van der Waals surface area contributed by atoms with Crippen molar-refractivity contribution in [1.29, 1.82) is 0 Å². The van der Waals surface area contributed by atoms with E-state index in [1.165, 1.54) is 0 Å². The summed E-state index contributed by atoms with van der Waals surface area (Å²) in [5, 5.41) is 0.482. The van der Waals surface area contributed by atoms with Crippen molar-refractivity contribution in [3.63, 3.8) is 0 Å². The molecule has 0 aliphatic heterocycles. The van der Waals surface area contributed by atoms with Gasteiger partial charge in [-0.25, -0.2) is 9.97 Å². The Morgan fingerprint density at radius 2 is 1.71 bits per heavy atom. The van der Waals surface area contributed by atoms with Gasteiger partial charge in [0.15, 0.2) is 0 Å². The Labute approximate surface area is 141 Å². The van der Waals surface area contributed by atoms with Gasteiger partial charge in [-0.3, -0.25) is 4.98 Å². The van der Waals surface area contributed by atoms with Crippen LogP contribution in [0.25, 0.3) is 11.3 Å². The molecule has 0 N–H and O–H groups in total. The molecule has 0 saturated carbocycles. The molecule has 0 radical (unpaired) electrons. The fraction of sp³-hybridized carbons (Fsp3) is 0.0625. The van der Waals surface area contributed by atoms with E-state index in [2.05, 4.69) is 37.5 Å². The summed E-state index contributed by atoms with van der Waals surface area (Å²) in [5.74, 6) is 0.679. The van der Waals surface area contributed by atoms with Crippen molar-refractivity contribution in [2.24, 2.45) is 0 Å². The van der Waals surface area contributed by atoms with Crippen LogP contribution in [-0.4, -0.2) is 15.0 Å². The quantitative estimate of drug-likeness (QED) is 0.477. The lowest BCUT2D eigenvalue weighted by Gasteiger charge is -2.08. The van der Waals surface area contributed by atoms with E-state index in [0.717, 1.165) is 20.5 Å². The molecule has 2 aromatic heterocycles. The minimum Gasteiger partial charge on any atom is -0.261 e. The number of halogens is 2. The summed E-state index contributed by atoms with van der Waals surface area (Å²) in [6.45, 7) is 0. The first kappa shape index (κ1) is 14.4. The first-order valence-corrected chi connectivity index (χ1v) is 7.87. The molecule has 0 unspecified atom stereocenters. The number of benzene rings is 1. The molecule has 2 heterocycles. The van der Waals surface area contributed by atoms with Crippen LogP contribution < -0.4 is 0 Å². The van der Waals surface area contributed by atoms with Crippen molar-refractivity contribution in [2.75, 3.05) is 0 Å². The number of nitrogens with zero attached hydrogens (tertiary/aromatic N) is 3. The van der Waals surface area contributed by atoms with Gasteiger partial charge in [-0.05, 0) is 34.7 Å². The van der Waals surface area contributed by atoms with E-state index >= 15 is 0 Å². The number of rotatable bonds is 3. The van der Waals surface area contributed by atoms with Gasteiger partial charge in [-0.1, -0.05) is 48.0 Å². The van der Waals surface area contributed by atoms with Gasteiger partial charge in [0, 0.05) is 17.5 Å². The van der Waals surface area contributed by atoms with E-state index in [9.17, 15) is 0 Å². The fourth-order valence-corrected chi connectivity index (χ4v) is 2.73. The zero-order chi connectivity index (χ0) is 14.7. The van der Waals surface area contributed by atoms with Crippen LogP contribution in [0.4, 0.5) is 0 Å². The van der Waals surface area contributed by atoms with Gasteiger partial charge in [0.05, 0.1) is 15.7 Å². The molecule has 5 heteroatoms. The third kappa shape index (κ3) is 3.39. The summed E-state index contributed by atoms with van der Waals surface area (Å²) < 4.78 is 0.866. The van der Waals surface area contributed by atoms with Gasteiger partial charge in [-0.15, -0.1) is 0 Å². The van der Waals surface area contributed by atoms with Gasteiger partial charge < -0.3 is 0 Å². The molecule has 0 amide bonds. The Morgan fingerprint density at radius 1 is 0.952 bits per heavy atom. The molecule has 0 fully saturated rings. The van der Waals surface area contributed by atoms with Gasteiger partial charge in [0.1, 0.15) is 11.0 Å². The van der Waals surface area contributed by atoms with Crippen LogP contribution in [0.3, 0.4) is 0 Å². The summed E-state index contributed by atoms with van der Waals surface area (Å²) >= 11 is 8.44. The average Bonchev–Trinajstić information content (AvgIpc) is 2.52. The molecule has 104 valence electrons. The van der Waals surface area contributed by atoms with Crippen LogP contribution in [0.5, 0.6) is 0 Å². The number of hydrogen-bond acceptors (Lipinski definition) is 3. The highest BCUT2D eigenvalue weighted by molar-refractivity contribution is 14.1. The summed E-state index contributed by atoms with van der Waals surface area (Å²) in [6, 6.07) is 15.8. The van der Waals surface area contributed by atoms with Crippen molar-refractivity contribution in [2.45, 2.75) is 6.42 Å². The molecular formula is C16H11ClIN3. The summed E-state index contributed by atoms with van der Waals surface area (Å²) in [4.78, 5) is 13.3. The van der Waals surface area contributed by atoms with Gasteiger partial charge >= 0.3 is 0 Å². The largest absolute Gasteiger partial charge is 0.261 e. The lowest BCUT2D eigenvalue weighted by atomic mass is 10.1. The molecule has 21 heavy (non-hydrogen) atoms. The molecule has 0 aliphatic carbocycles. The van der Waals surface area contributed by atoms with Crippen molar-refractivity contribution in [3.05, 3.63) is 75.0 Å². The normalized spacial score (nSPS) is 10.6. The second-order valence-corrected chi connectivity index (χ2v) is 5.89. The highest BCUT2D eigenvalue weighted by atomic mass is 127. The average molecular weight is 408 g/mol. The minimum atomic E-state index is 0.482. The molecule has 3 rings (SSSR count). The summed E-state index contributed by atoms with van der Waals surface area (Å²) in [5.41, 5.74) is 2.82. The van der Waals surface area contributed by atoms with E-state index in [4.69, 9.17) is 11.6 Å². The second kappa shape index (κ2) is 6.49. The standard InChI is InChI=1S/C16H11ClIN3/c17-16-14(18)15(11-6-2-1-3-7-11)20-13(21-16)10-12-8-4-5-9-19-12/h1-9H,10H2. The smallest absolute Gasteiger partial charge is 0.146 e. The predicted molar refractivity (Wildman–Crippen MR) is 92.2 cm³/mol. The number of aromatic nitrogens is 3. The molecule has 0 bridgehead atoms. The van der Waals surface area contributed by atoms with Crippen LogP contribution in [-0.2, 0) is 6.42 Å². The Bertz CT molecular complexity index is 748. The van der Waals surface area contributed by atoms with Crippen LogP contribution in [0.1, 0.15) is 11.5 Å². The van der Waals surface area contributed by atoms with E-state index in [1.807, 2.05) is 48.5 Å². The van der Waals surface area contributed by atoms with Crippen molar-refractivity contribution in [1.82, 2.24) is 15.0 Å². The third-order valence-electron chi connectivity index (χ3n) is 2.97. The SMILES string of the molecule is Clc1nc(Cc2ccccn2)nc(-c2ccccc2)c1I. The van der Waals surface area contributed by atoms with Crippen LogP contribution >= 0.6 is 34.2 Å². The molecule has 3 nitrogen and oxygen atoms in total. The second-order valence-electron chi connectivity index (χ2n) is 4.46. The van der Waals surface area contributed by atoms with E-state index < -0.39 is 0 Å².